The lowest BCUT2D eigenvalue weighted by Gasteiger charge is -2.26. The number of aliphatic hydroxyl groups is 3. The predicted octanol–water partition coefficient (Wildman–Crippen LogP) is -3.07. The minimum absolute atomic E-state index is 0.522. The van der Waals surface area contributed by atoms with Crippen LogP contribution in [0.1, 0.15) is 13.2 Å². The highest BCUT2D eigenvalue weighted by molar-refractivity contribution is 4.98. The molecule has 4 N–H and O–H groups in total. The second-order valence-corrected chi connectivity index (χ2v) is 4.26. The molecule has 0 aliphatic carbocycles. The molecule has 0 amide bonds. The summed E-state index contributed by atoms with van der Waals surface area (Å²) in [6.45, 7) is 0.725. The fourth-order valence-electron chi connectivity index (χ4n) is 1.88. The summed E-state index contributed by atoms with van der Waals surface area (Å²) in [5.41, 5.74) is -3.38. The number of hydrogen-bond acceptors (Lipinski definition) is 7. The number of aliphatic hydroxyl groups excluding tert-OH is 2. The van der Waals surface area contributed by atoms with Gasteiger partial charge in [-0.25, -0.2) is 4.79 Å². The molecule has 4 atom stereocenters. The van der Waals surface area contributed by atoms with Crippen molar-refractivity contribution in [1.29, 1.82) is 0 Å². The standard InChI is InChI=1S/C9H13N3O6/c1-9(17)6(15)4(3-13)18-7(9)12-8(16)11-5(14)2-10-12/h2,4,6-7,13,15,17H,3H2,1H3,(H,11,14,16). The van der Waals surface area contributed by atoms with Crippen molar-refractivity contribution >= 4 is 0 Å². The molecule has 1 aliphatic heterocycles. The lowest BCUT2D eigenvalue weighted by atomic mass is 9.97. The monoisotopic (exact) mass is 259 g/mol. The average Bonchev–Trinajstić information content (AvgIpc) is 2.52. The summed E-state index contributed by atoms with van der Waals surface area (Å²) in [5.74, 6) is 0. The van der Waals surface area contributed by atoms with Crippen LogP contribution in [0.15, 0.2) is 15.8 Å². The van der Waals surface area contributed by atoms with Crippen molar-refractivity contribution in [3.05, 3.63) is 27.0 Å². The highest BCUT2D eigenvalue weighted by atomic mass is 16.6. The van der Waals surface area contributed by atoms with E-state index in [-0.39, 0.29) is 0 Å². The van der Waals surface area contributed by atoms with Crippen molar-refractivity contribution in [2.75, 3.05) is 6.61 Å². The van der Waals surface area contributed by atoms with Gasteiger partial charge < -0.3 is 20.1 Å². The Morgan fingerprint density at radius 1 is 1.61 bits per heavy atom. The van der Waals surface area contributed by atoms with Crippen LogP contribution in [0.25, 0.3) is 0 Å². The maximum atomic E-state index is 11.5. The zero-order chi connectivity index (χ0) is 13.5. The number of aromatic nitrogens is 3. The molecule has 9 heteroatoms. The van der Waals surface area contributed by atoms with Gasteiger partial charge in [-0.1, -0.05) is 0 Å². The molecule has 1 saturated heterocycles. The van der Waals surface area contributed by atoms with Crippen molar-refractivity contribution < 1.29 is 20.1 Å². The normalized spacial score (nSPS) is 35.9. The molecule has 4 unspecified atom stereocenters. The van der Waals surface area contributed by atoms with Gasteiger partial charge >= 0.3 is 5.69 Å². The average molecular weight is 259 g/mol. The fourth-order valence-corrected chi connectivity index (χ4v) is 1.88. The Morgan fingerprint density at radius 2 is 2.28 bits per heavy atom. The summed E-state index contributed by atoms with van der Waals surface area (Å²) in [5, 5.41) is 32.4. The van der Waals surface area contributed by atoms with Crippen molar-refractivity contribution in [1.82, 2.24) is 14.8 Å². The van der Waals surface area contributed by atoms with Crippen molar-refractivity contribution in [3.8, 4) is 0 Å². The SMILES string of the molecule is CC1(O)C(O)C(CO)OC1n1ncc(=O)[nH]c1=O. The van der Waals surface area contributed by atoms with Gasteiger partial charge in [0.15, 0.2) is 6.23 Å². The quantitative estimate of drug-likeness (QED) is 0.442. The van der Waals surface area contributed by atoms with Gasteiger partial charge in [0, 0.05) is 0 Å². The molecule has 9 nitrogen and oxygen atoms in total. The Hall–Kier alpha value is -1.55. The first kappa shape index (κ1) is 12.9. The third-order valence-electron chi connectivity index (χ3n) is 2.89. The number of aromatic amines is 1. The predicted molar refractivity (Wildman–Crippen MR) is 56.7 cm³/mol. The topological polar surface area (TPSA) is 138 Å². The van der Waals surface area contributed by atoms with E-state index in [0.717, 1.165) is 6.20 Å². The summed E-state index contributed by atoms with van der Waals surface area (Å²) < 4.78 is 5.88. The molecule has 18 heavy (non-hydrogen) atoms. The molecule has 2 rings (SSSR count). The van der Waals surface area contributed by atoms with Crippen molar-refractivity contribution in [3.63, 3.8) is 0 Å². The Bertz CT molecular complexity index is 550. The molecular weight excluding hydrogens is 246 g/mol. The van der Waals surface area contributed by atoms with Crippen molar-refractivity contribution in [2.24, 2.45) is 0 Å². The van der Waals surface area contributed by atoms with Crippen LogP contribution in [0.2, 0.25) is 0 Å². The van der Waals surface area contributed by atoms with E-state index >= 15 is 0 Å². The van der Waals surface area contributed by atoms with Crippen LogP contribution in [0, 0.1) is 0 Å². The van der Waals surface area contributed by atoms with Gasteiger partial charge in [0.1, 0.15) is 24.0 Å². The minimum Gasteiger partial charge on any atom is -0.394 e. The van der Waals surface area contributed by atoms with E-state index in [0.29, 0.717) is 4.68 Å². The van der Waals surface area contributed by atoms with Crippen LogP contribution in [-0.2, 0) is 4.74 Å². The third-order valence-corrected chi connectivity index (χ3v) is 2.89. The summed E-state index contributed by atoms with van der Waals surface area (Å²) >= 11 is 0. The molecule has 1 fully saturated rings. The zero-order valence-corrected chi connectivity index (χ0v) is 9.48. The maximum Gasteiger partial charge on any atom is 0.347 e. The summed E-state index contributed by atoms with van der Waals surface area (Å²) in [6, 6.07) is 0. The van der Waals surface area contributed by atoms with E-state index in [1.165, 1.54) is 6.92 Å². The van der Waals surface area contributed by atoms with Crippen LogP contribution in [-0.4, -0.2) is 54.5 Å². The molecular formula is C9H13N3O6. The molecule has 1 aromatic rings. The number of hydrogen-bond donors (Lipinski definition) is 4. The Balaban J connectivity index is 2.45. The molecule has 1 aliphatic rings. The van der Waals surface area contributed by atoms with Gasteiger partial charge in [0.05, 0.1) is 6.61 Å². The van der Waals surface area contributed by atoms with Crippen LogP contribution in [0.3, 0.4) is 0 Å². The molecule has 1 aromatic heterocycles. The van der Waals surface area contributed by atoms with Crippen LogP contribution in [0.4, 0.5) is 0 Å². The molecule has 0 saturated carbocycles. The number of ether oxygens (including phenoxy) is 1. The van der Waals surface area contributed by atoms with E-state index < -0.39 is 41.9 Å². The number of nitrogens with one attached hydrogen (secondary N) is 1. The second kappa shape index (κ2) is 4.28. The highest BCUT2D eigenvalue weighted by Gasteiger charge is 2.53. The second-order valence-electron chi connectivity index (χ2n) is 4.26. The van der Waals surface area contributed by atoms with Crippen LogP contribution >= 0.6 is 0 Å². The van der Waals surface area contributed by atoms with E-state index in [4.69, 9.17) is 9.84 Å². The third kappa shape index (κ3) is 1.86. The largest absolute Gasteiger partial charge is 0.394 e. The van der Waals surface area contributed by atoms with E-state index in [9.17, 15) is 19.8 Å². The summed E-state index contributed by atoms with van der Waals surface area (Å²) in [6.07, 6.45) is -2.87. The van der Waals surface area contributed by atoms with Gasteiger partial charge in [-0.3, -0.25) is 9.78 Å². The van der Waals surface area contributed by atoms with Gasteiger partial charge in [-0.05, 0) is 6.92 Å². The first-order valence-corrected chi connectivity index (χ1v) is 5.23. The number of nitrogens with zero attached hydrogens (tertiary/aromatic N) is 2. The smallest absolute Gasteiger partial charge is 0.347 e. The Morgan fingerprint density at radius 3 is 2.78 bits per heavy atom. The molecule has 0 aromatic carbocycles. The van der Waals surface area contributed by atoms with Gasteiger partial charge in [-0.15, -0.1) is 0 Å². The molecule has 0 spiro atoms. The van der Waals surface area contributed by atoms with Crippen LogP contribution < -0.4 is 11.2 Å². The first-order valence-electron chi connectivity index (χ1n) is 5.23. The highest BCUT2D eigenvalue weighted by Crippen LogP contribution is 2.36. The Kier molecular flexibility index (Phi) is 3.07. The van der Waals surface area contributed by atoms with Crippen LogP contribution in [0.5, 0.6) is 0 Å². The molecule has 2 heterocycles. The Labute approximate surface area is 100 Å². The molecule has 0 radical (unpaired) electrons. The van der Waals surface area contributed by atoms with E-state index in [1.54, 1.807) is 0 Å². The summed E-state index contributed by atoms with van der Waals surface area (Å²) in [4.78, 5) is 24.4. The molecule has 0 bridgehead atoms. The first-order chi connectivity index (χ1) is 8.37. The molecule has 100 valence electrons. The van der Waals surface area contributed by atoms with Gasteiger partial charge in [0.2, 0.25) is 0 Å². The van der Waals surface area contributed by atoms with Crippen molar-refractivity contribution in [2.45, 2.75) is 31.0 Å². The lowest BCUT2D eigenvalue weighted by Crippen LogP contribution is -2.47. The zero-order valence-electron chi connectivity index (χ0n) is 9.48. The van der Waals surface area contributed by atoms with E-state index in [2.05, 4.69) is 5.10 Å². The number of rotatable bonds is 2. The lowest BCUT2D eigenvalue weighted by molar-refractivity contribution is -0.105. The van der Waals surface area contributed by atoms with E-state index in [1.807, 2.05) is 4.98 Å². The van der Waals surface area contributed by atoms with Gasteiger partial charge in [0.25, 0.3) is 5.56 Å². The summed E-state index contributed by atoms with van der Waals surface area (Å²) in [7, 11) is 0. The maximum absolute atomic E-state index is 11.5. The minimum atomic E-state index is -1.82. The number of H-pyrrole nitrogens is 1. The fraction of sp³-hybridized carbons (Fsp3) is 0.667. The van der Waals surface area contributed by atoms with Gasteiger partial charge in [-0.2, -0.15) is 9.78 Å².